The van der Waals surface area contributed by atoms with Crippen LogP contribution in [0.25, 0.3) is 5.57 Å². The third-order valence-electron chi connectivity index (χ3n) is 5.69. The number of hydrogen-bond acceptors (Lipinski definition) is 2. The van der Waals surface area contributed by atoms with E-state index in [2.05, 4.69) is 70.4 Å². The topological polar surface area (TPSA) is 30.9 Å². The van der Waals surface area contributed by atoms with E-state index in [0.717, 1.165) is 37.9 Å². The standard InChI is InChI=1S/C22H34N4/c1-18(2)26-13-7-8-19(17-26)16-24-22(23-3)25-14-11-21(12-15-25)20-9-5-4-6-10-20/h4-6,9-11,18-19H,7-8,12-17H2,1-3H3,(H,23,24). The first-order valence-corrected chi connectivity index (χ1v) is 10.1. The molecule has 1 unspecified atom stereocenters. The molecule has 4 nitrogen and oxygen atoms in total. The molecule has 1 atom stereocenters. The van der Waals surface area contributed by atoms with Gasteiger partial charge in [0.1, 0.15) is 0 Å². The normalized spacial score (nSPS) is 22.5. The van der Waals surface area contributed by atoms with E-state index in [4.69, 9.17) is 0 Å². The maximum absolute atomic E-state index is 4.54. The minimum absolute atomic E-state index is 0.653. The number of guanidine groups is 1. The molecule has 4 heteroatoms. The summed E-state index contributed by atoms with van der Waals surface area (Å²) in [5.74, 6) is 1.78. The van der Waals surface area contributed by atoms with E-state index in [1.807, 2.05) is 7.05 Å². The van der Waals surface area contributed by atoms with Gasteiger partial charge in [-0.2, -0.15) is 0 Å². The summed E-state index contributed by atoms with van der Waals surface area (Å²) in [6, 6.07) is 11.4. The molecule has 0 saturated carbocycles. The molecule has 26 heavy (non-hydrogen) atoms. The van der Waals surface area contributed by atoms with Crippen LogP contribution in [-0.2, 0) is 0 Å². The summed E-state index contributed by atoms with van der Waals surface area (Å²) in [6.07, 6.45) is 6.07. The van der Waals surface area contributed by atoms with Crippen LogP contribution in [0.1, 0.15) is 38.7 Å². The Kier molecular flexibility index (Phi) is 6.73. The van der Waals surface area contributed by atoms with Gasteiger partial charge in [0.2, 0.25) is 0 Å². The Morgan fingerprint density at radius 3 is 2.69 bits per heavy atom. The van der Waals surface area contributed by atoms with Crippen LogP contribution in [0, 0.1) is 5.92 Å². The van der Waals surface area contributed by atoms with Crippen LogP contribution in [-0.4, -0.2) is 61.6 Å². The van der Waals surface area contributed by atoms with Gasteiger partial charge in [-0.05, 0) is 56.7 Å². The summed E-state index contributed by atoms with van der Waals surface area (Å²) in [4.78, 5) is 9.51. The monoisotopic (exact) mass is 354 g/mol. The van der Waals surface area contributed by atoms with Crippen molar-refractivity contribution in [3.05, 3.63) is 42.0 Å². The van der Waals surface area contributed by atoms with Gasteiger partial charge in [-0.1, -0.05) is 36.4 Å². The minimum Gasteiger partial charge on any atom is -0.356 e. The molecule has 2 aliphatic rings. The molecule has 0 aromatic heterocycles. The van der Waals surface area contributed by atoms with Crippen LogP contribution in [0.15, 0.2) is 41.4 Å². The molecule has 1 saturated heterocycles. The van der Waals surface area contributed by atoms with Gasteiger partial charge in [-0.15, -0.1) is 0 Å². The smallest absolute Gasteiger partial charge is 0.193 e. The van der Waals surface area contributed by atoms with E-state index in [-0.39, 0.29) is 0 Å². The Labute approximate surface area is 159 Å². The maximum atomic E-state index is 4.54. The average molecular weight is 355 g/mol. The van der Waals surface area contributed by atoms with E-state index < -0.39 is 0 Å². The highest BCUT2D eigenvalue weighted by molar-refractivity contribution is 5.81. The van der Waals surface area contributed by atoms with Crippen LogP contribution in [0.3, 0.4) is 0 Å². The molecule has 0 aliphatic carbocycles. The summed E-state index contributed by atoms with van der Waals surface area (Å²) in [5, 5.41) is 3.64. The zero-order valence-corrected chi connectivity index (χ0v) is 16.6. The summed E-state index contributed by atoms with van der Waals surface area (Å²) in [7, 11) is 1.90. The van der Waals surface area contributed by atoms with Crippen LogP contribution >= 0.6 is 0 Å². The number of likely N-dealkylation sites (tertiary alicyclic amines) is 1. The predicted molar refractivity (Wildman–Crippen MR) is 111 cm³/mol. The van der Waals surface area contributed by atoms with Gasteiger partial charge < -0.3 is 15.1 Å². The highest BCUT2D eigenvalue weighted by Crippen LogP contribution is 2.22. The molecule has 0 radical (unpaired) electrons. The van der Waals surface area contributed by atoms with Gasteiger partial charge in [0.15, 0.2) is 5.96 Å². The van der Waals surface area contributed by atoms with Crippen LogP contribution in [0.4, 0.5) is 0 Å². The molecule has 1 aromatic rings. The van der Waals surface area contributed by atoms with Gasteiger partial charge in [0.05, 0.1) is 0 Å². The van der Waals surface area contributed by atoms with Gasteiger partial charge in [0.25, 0.3) is 0 Å². The fourth-order valence-corrected chi connectivity index (χ4v) is 4.08. The second-order valence-corrected chi connectivity index (χ2v) is 7.82. The zero-order valence-electron chi connectivity index (χ0n) is 16.6. The van der Waals surface area contributed by atoms with Crippen molar-refractivity contribution in [2.75, 3.05) is 39.8 Å². The Balaban J connectivity index is 1.51. The van der Waals surface area contributed by atoms with Crippen molar-refractivity contribution in [3.8, 4) is 0 Å². The first-order chi connectivity index (χ1) is 12.7. The minimum atomic E-state index is 0.653. The summed E-state index contributed by atoms with van der Waals surface area (Å²) in [5.41, 5.74) is 2.81. The molecule has 1 N–H and O–H groups in total. The van der Waals surface area contributed by atoms with E-state index in [0.29, 0.717) is 6.04 Å². The van der Waals surface area contributed by atoms with Crippen molar-refractivity contribution >= 4 is 11.5 Å². The lowest BCUT2D eigenvalue weighted by Gasteiger charge is -2.36. The molecule has 0 spiro atoms. The number of nitrogens with zero attached hydrogens (tertiary/aromatic N) is 3. The molecule has 1 aromatic carbocycles. The highest BCUT2D eigenvalue weighted by atomic mass is 15.3. The highest BCUT2D eigenvalue weighted by Gasteiger charge is 2.23. The molecule has 0 amide bonds. The Bertz CT molecular complexity index is 620. The fraction of sp³-hybridized carbons (Fsp3) is 0.591. The molecular formula is C22H34N4. The van der Waals surface area contributed by atoms with Crippen LogP contribution in [0.2, 0.25) is 0 Å². The summed E-state index contributed by atoms with van der Waals surface area (Å²) in [6.45, 7) is 10.1. The van der Waals surface area contributed by atoms with Crippen LogP contribution < -0.4 is 5.32 Å². The van der Waals surface area contributed by atoms with Crippen molar-refractivity contribution in [3.63, 3.8) is 0 Å². The molecule has 142 valence electrons. The molecule has 1 fully saturated rings. The molecule has 0 bridgehead atoms. The third-order valence-corrected chi connectivity index (χ3v) is 5.69. The number of aliphatic imine (C=N–C) groups is 1. The largest absolute Gasteiger partial charge is 0.356 e. The fourth-order valence-electron chi connectivity index (χ4n) is 4.08. The van der Waals surface area contributed by atoms with E-state index in [9.17, 15) is 0 Å². The quantitative estimate of drug-likeness (QED) is 0.663. The average Bonchev–Trinajstić information content (AvgIpc) is 2.70. The number of piperidine rings is 1. The van der Waals surface area contributed by atoms with Gasteiger partial charge in [-0.25, -0.2) is 0 Å². The number of rotatable bonds is 4. The van der Waals surface area contributed by atoms with Gasteiger partial charge in [-0.3, -0.25) is 4.99 Å². The van der Waals surface area contributed by atoms with Gasteiger partial charge in [0, 0.05) is 39.3 Å². The zero-order chi connectivity index (χ0) is 18.4. The number of nitrogens with one attached hydrogen (secondary N) is 1. The molecule has 3 rings (SSSR count). The molecule has 2 heterocycles. The van der Waals surface area contributed by atoms with E-state index >= 15 is 0 Å². The summed E-state index contributed by atoms with van der Waals surface area (Å²) < 4.78 is 0. The second-order valence-electron chi connectivity index (χ2n) is 7.82. The lowest BCUT2D eigenvalue weighted by molar-refractivity contribution is 0.140. The number of benzene rings is 1. The third kappa shape index (κ3) is 4.88. The van der Waals surface area contributed by atoms with E-state index in [1.54, 1.807) is 0 Å². The predicted octanol–water partition coefficient (Wildman–Crippen LogP) is 3.47. The van der Waals surface area contributed by atoms with Crippen LogP contribution in [0.5, 0.6) is 0 Å². The van der Waals surface area contributed by atoms with Crippen molar-refractivity contribution in [2.24, 2.45) is 10.9 Å². The first-order valence-electron chi connectivity index (χ1n) is 10.1. The Morgan fingerprint density at radius 2 is 2.04 bits per heavy atom. The lowest BCUT2D eigenvalue weighted by atomic mass is 9.97. The second kappa shape index (κ2) is 9.22. The molecular weight excluding hydrogens is 320 g/mol. The van der Waals surface area contributed by atoms with Crippen molar-refractivity contribution < 1.29 is 0 Å². The van der Waals surface area contributed by atoms with E-state index in [1.165, 1.54) is 37.1 Å². The maximum Gasteiger partial charge on any atom is 0.193 e. The van der Waals surface area contributed by atoms with Crippen molar-refractivity contribution in [2.45, 2.75) is 39.2 Å². The Morgan fingerprint density at radius 1 is 1.23 bits per heavy atom. The summed E-state index contributed by atoms with van der Waals surface area (Å²) >= 11 is 0. The SMILES string of the molecule is CN=C(NCC1CCCN(C(C)C)C1)N1CC=C(c2ccccc2)CC1. The number of hydrogen-bond donors (Lipinski definition) is 1. The van der Waals surface area contributed by atoms with Crippen molar-refractivity contribution in [1.82, 2.24) is 15.1 Å². The Hall–Kier alpha value is -1.81. The first kappa shape index (κ1) is 19.0. The molecule has 2 aliphatic heterocycles. The van der Waals surface area contributed by atoms with Crippen molar-refractivity contribution in [1.29, 1.82) is 0 Å². The lowest BCUT2D eigenvalue weighted by Crippen LogP contribution is -2.48. The van der Waals surface area contributed by atoms with Gasteiger partial charge >= 0.3 is 0 Å².